The fourth-order valence-electron chi connectivity index (χ4n) is 1.60. The molecule has 0 aromatic carbocycles. The molecule has 0 aliphatic carbocycles. The average molecular weight is 291 g/mol. The van der Waals surface area contributed by atoms with E-state index in [0.717, 1.165) is 18.4 Å². The minimum absolute atomic E-state index is 0.0152. The third-order valence-electron chi connectivity index (χ3n) is 2.63. The van der Waals surface area contributed by atoms with Crippen LogP contribution in [-0.2, 0) is 0 Å². The molecule has 8 heteroatoms. The van der Waals surface area contributed by atoms with E-state index in [1.807, 2.05) is 13.2 Å². The van der Waals surface area contributed by atoms with Gasteiger partial charge in [0.1, 0.15) is 6.20 Å². The number of thioether (sulfide) groups is 1. The van der Waals surface area contributed by atoms with E-state index in [4.69, 9.17) is 11.6 Å². The minimum Gasteiger partial charge on any atom is -0.350 e. The van der Waals surface area contributed by atoms with Gasteiger partial charge in [-0.05, 0) is 24.3 Å². The van der Waals surface area contributed by atoms with Crippen molar-refractivity contribution >= 4 is 34.9 Å². The first kappa shape index (κ1) is 15.0. The molecule has 0 saturated heterocycles. The van der Waals surface area contributed by atoms with Crippen LogP contribution in [0.25, 0.3) is 0 Å². The van der Waals surface area contributed by atoms with Gasteiger partial charge in [-0.1, -0.05) is 6.92 Å². The number of nitrogens with zero attached hydrogens (tertiary/aromatic N) is 4. The molecular weight excluding hydrogens is 276 g/mol. The van der Waals surface area contributed by atoms with Gasteiger partial charge in [0, 0.05) is 18.8 Å². The van der Waals surface area contributed by atoms with Crippen LogP contribution in [0.1, 0.15) is 13.3 Å². The van der Waals surface area contributed by atoms with Gasteiger partial charge < -0.3 is 4.90 Å². The first-order chi connectivity index (χ1) is 8.51. The van der Waals surface area contributed by atoms with Crippen LogP contribution >= 0.6 is 23.4 Å². The highest BCUT2D eigenvalue weighted by atomic mass is 35.5. The highest BCUT2D eigenvalue weighted by Crippen LogP contribution is 2.27. The van der Waals surface area contributed by atoms with Crippen molar-refractivity contribution in [3.8, 4) is 0 Å². The molecule has 1 aromatic rings. The first-order valence-corrected chi connectivity index (χ1v) is 7.17. The molecule has 1 atom stereocenters. The molecule has 6 nitrogen and oxygen atoms in total. The van der Waals surface area contributed by atoms with E-state index in [0.29, 0.717) is 0 Å². The Morgan fingerprint density at radius 1 is 1.67 bits per heavy atom. The van der Waals surface area contributed by atoms with Crippen LogP contribution in [0, 0.1) is 10.1 Å². The van der Waals surface area contributed by atoms with Crippen LogP contribution in [0.15, 0.2) is 6.20 Å². The van der Waals surface area contributed by atoms with Crippen molar-refractivity contribution < 1.29 is 4.92 Å². The average Bonchev–Trinajstić information content (AvgIpc) is 2.34. The van der Waals surface area contributed by atoms with Crippen LogP contribution in [0.4, 0.5) is 11.5 Å². The van der Waals surface area contributed by atoms with Crippen LogP contribution in [0.2, 0.25) is 5.28 Å². The van der Waals surface area contributed by atoms with Crippen molar-refractivity contribution in [1.29, 1.82) is 0 Å². The Morgan fingerprint density at radius 2 is 2.33 bits per heavy atom. The van der Waals surface area contributed by atoms with Gasteiger partial charge in [0.15, 0.2) is 0 Å². The van der Waals surface area contributed by atoms with E-state index in [-0.39, 0.29) is 22.8 Å². The van der Waals surface area contributed by atoms with Crippen molar-refractivity contribution in [1.82, 2.24) is 9.97 Å². The van der Waals surface area contributed by atoms with Crippen molar-refractivity contribution in [2.24, 2.45) is 0 Å². The molecule has 0 aliphatic rings. The number of nitro groups is 1. The zero-order chi connectivity index (χ0) is 13.7. The van der Waals surface area contributed by atoms with Gasteiger partial charge in [0.05, 0.1) is 4.92 Å². The van der Waals surface area contributed by atoms with Crippen LogP contribution in [0.3, 0.4) is 0 Å². The normalized spacial score (nSPS) is 12.2. The fraction of sp³-hybridized carbons (Fsp3) is 0.600. The van der Waals surface area contributed by atoms with Gasteiger partial charge in [-0.25, -0.2) is 4.98 Å². The maximum Gasteiger partial charge on any atom is 0.329 e. The molecule has 1 heterocycles. The molecule has 0 radical (unpaired) electrons. The largest absolute Gasteiger partial charge is 0.350 e. The molecule has 0 spiro atoms. The topological polar surface area (TPSA) is 72.2 Å². The predicted octanol–water partition coefficient (Wildman–Crippen LogP) is 2.62. The molecular formula is C10H15ClN4O2S. The van der Waals surface area contributed by atoms with Gasteiger partial charge in [-0.3, -0.25) is 10.1 Å². The quantitative estimate of drug-likeness (QED) is 0.455. The maximum absolute atomic E-state index is 11.0. The number of aromatic nitrogens is 2. The summed E-state index contributed by atoms with van der Waals surface area (Å²) in [6, 6.07) is 0.171. The number of rotatable bonds is 6. The molecule has 0 fully saturated rings. The van der Waals surface area contributed by atoms with Crippen molar-refractivity contribution in [2.45, 2.75) is 19.4 Å². The summed E-state index contributed by atoms with van der Waals surface area (Å²) in [6.07, 6.45) is 4.01. The van der Waals surface area contributed by atoms with Gasteiger partial charge in [-0.15, -0.1) is 0 Å². The van der Waals surface area contributed by atoms with Crippen molar-refractivity contribution in [3.63, 3.8) is 0 Å². The number of anilines is 1. The zero-order valence-electron chi connectivity index (χ0n) is 10.5. The number of hydrogen-bond acceptors (Lipinski definition) is 6. The van der Waals surface area contributed by atoms with E-state index in [1.54, 1.807) is 23.7 Å². The van der Waals surface area contributed by atoms with E-state index < -0.39 is 4.92 Å². The molecule has 100 valence electrons. The molecule has 1 unspecified atom stereocenters. The Labute approximate surface area is 115 Å². The summed E-state index contributed by atoms with van der Waals surface area (Å²) in [7, 11) is 1.79. The van der Waals surface area contributed by atoms with E-state index in [9.17, 15) is 10.1 Å². The monoisotopic (exact) mass is 290 g/mol. The van der Waals surface area contributed by atoms with E-state index in [1.165, 1.54) is 0 Å². The second-order valence-electron chi connectivity index (χ2n) is 3.73. The van der Waals surface area contributed by atoms with Crippen molar-refractivity contribution in [2.75, 3.05) is 24.0 Å². The third-order valence-corrected chi connectivity index (χ3v) is 3.53. The van der Waals surface area contributed by atoms with Crippen LogP contribution in [-0.4, -0.2) is 40.0 Å². The lowest BCUT2D eigenvalue weighted by Gasteiger charge is -2.27. The molecule has 0 amide bonds. The lowest BCUT2D eigenvalue weighted by atomic mass is 10.2. The molecule has 0 N–H and O–H groups in total. The zero-order valence-corrected chi connectivity index (χ0v) is 12.0. The Balaban J connectivity index is 3.13. The number of hydrogen-bond donors (Lipinski definition) is 0. The number of halogens is 1. The molecule has 1 rings (SSSR count). The lowest BCUT2D eigenvalue weighted by Crippen LogP contribution is -2.34. The van der Waals surface area contributed by atoms with Gasteiger partial charge in [0.2, 0.25) is 11.1 Å². The Kier molecular flexibility index (Phi) is 5.61. The standard InChI is InChI=1S/C10H15ClN4O2S/c1-4-7(6-18-3)14(2)9-8(15(16)17)5-12-10(11)13-9/h5,7H,4,6H2,1-3H3. The van der Waals surface area contributed by atoms with Crippen LogP contribution in [0.5, 0.6) is 0 Å². The van der Waals surface area contributed by atoms with Crippen molar-refractivity contribution in [3.05, 3.63) is 21.6 Å². The lowest BCUT2D eigenvalue weighted by molar-refractivity contribution is -0.384. The molecule has 0 saturated carbocycles. The summed E-state index contributed by atoms with van der Waals surface area (Å²) in [5.41, 5.74) is -0.124. The summed E-state index contributed by atoms with van der Waals surface area (Å²) in [5, 5.41) is 11.0. The Hall–Kier alpha value is -1.08. The third kappa shape index (κ3) is 3.46. The molecule has 1 aromatic heterocycles. The van der Waals surface area contributed by atoms with Gasteiger partial charge in [-0.2, -0.15) is 16.7 Å². The summed E-state index contributed by atoms with van der Waals surface area (Å²) in [4.78, 5) is 19.9. The summed E-state index contributed by atoms with van der Waals surface area (Å²) >= 11 is 7.40. The molecule has 0 bridgehead atoms. The second-order valence-corrected chi connectivity index (χ2v) is 4.98. The highest BCUT2D eigenvalue weighted by molar-refractivity contribution is 7.98. The smallest absolute Gasteiger partial charge is 0.329 e. The second kappa shape index (κ2) is 6.75. The highest BCUT2D eigenvalue weighted by Gasteiger charge is 2.24. The fourth-order valence-corrected chi connectivity index (χ4v) is 2.58. The molecule has 0 aliphatic heterocycles. The van der Waals surface area contributed by atoms with Gasteiger partial charge in [0.25, 0.3) is 0 Å². The SMILES string of the molecule is CCC(CSC)N(C)c1nc(Cl)ncc1[N+](=O)[O-]. The predicted molar refractivity (Wildman–Crippen MR) is 74.6 cm³/mol. The van der Waals surface area contributed by atoms with E-state index in [2.05, 4.69) is 9.97 Å². The summed E-state index contributed by atoms with van der Waals surface area (Å²) < 4.78 is 0. The minimum atomic E-state index is -0.492. The Bertz CT molecular complexity index is 432. The Morgan fingerprint density at radius 3 is 2.83 bits per heavy atom. The maximum atomic E-state index is 11.0. The summed E-state index contributed by atoms with van der Waals surface area (Å²) in [6.45, 7) is 2.03. The molecule has 18 heavy (non-hydrogen) atoms. The first-order valence-electron chi connectivity index (χ1n) is 5.39. The van der Waals surface area contributed by atoms with Gasteiger partial charge >= 0.3 is 5.69 Å². The van der Waals surface area contributed by atoms with E-state index >= 15 is 0 Å². The van der Waals surface area contributed by atoms with Crippen LogP contribution < -0.4 is 4.90 Å². The summed E-state index contributed by atoms with van der Waals surface area (Å²) in [5.74, 6) is 1.13.